The van der Waals surface area contributed by atoms with E-state index >= 15 is 0 Å². The second-order valence-corrected chi connectivity index (χ2v) is 20.0. The Morgan fingerprint density at radius 2 is 0.825 bits per heavy atom. The first-order valence-corrected chi connectivity index (χ1v) is 23.4. The van der Waals surface area contributed by atoms with E-state index in [1.165, 1.54) is 42.6 Å². The molecule has 296 valence electrons. The van der Waals surface area contributed by atoms with Gasteiger partial charge in [-0.25, -0.2) is 0 Å². The van der Waals surface area contributed by atoms with Crippen molar-refractivity contribution in [3.63, 3.8) is 0 Å². The van der Waals surface area contributed by atoms with Gasteiger partial charge in [-0.3, -0.25) is 0 Å². The standard InChI is InChI=1S/C58H37NO3Si/c1-2-14-45-39(12-1)13-11-16-46(45)40-26-31-43(32-27-40)59(44-33-34-48-47-15-3-4-17-49(47)60-53(48)37-44)42-29-24-38(25-30-42)41-28-35-58-54(36-41)62-52-20-7-10-23-57(52)63(58)55-21-8-5-18-50(55)61-51-19-6-9-22-56(51)63/h1-37H. The highest BCUT2D eigenvalue weighted by Crippen LogP contribution is 2.42. The smallest absolute Gasteiger partial charge is 0.196 e. The molecule has 4 nitrogen and oxygen atoms in total. The largest absolute Gasteiger partial charge is 0.458 e. The van der Waals surface area contributed by atoms with Crippen molar-refractivity contribution in [1.29, 1.82) is 0 Å². The van der Waals surface area contributed by atoms with Crippen molar-refractivity contribution in [2.75, 3.05) is 4.90 Å². The van der Waals surface area contributed by atoms with Crippen LogP contribution in [0.3, 0.4) is 0 Å². The highest BCUT2D eigenvalue weighted by molar-refractivity contribution is 7.21. The molecule has 2 aliphatic heterocycles. The lowest BCUT2D eigenvalue weighted by Crippen LogP contribution is -2.77. The van der Waals surface area contributed by atoms with Gasteiger partial charge >= 0.3 is 0 Å². The highest BCUT2D eigenvalue weighted by Gasteiger charge is 2.52. The number of hydrogen-bond donors (Lipinski definition) is 0. The maximum Gasteiger partial charge on any atom is 0.196 e. The molecule has 11 aromatic rings. The van der Waals surface area contributed by atoms with E-state index < -0.39 is 8.07 Å². The summed E-state index contributed by atoms with van der Waals surface area (Å²) in [6, 6.07) is 80.1. The van der Waals surface area contributed by atoms with E-state index in [4.69, 9.17) is 13.9 Å². The molecule has 13 rings (SSSR count). The summed E-state index contributed by atoms with van der Waals surface area (Å²) in [6.45, 7) is 0. The number of benzene rings is 10. The van der Waals surface area contributed by atoms with Crippen LogP contribution in [-0.4, -0.2) is 8.07 Å². The fourth-order valence-electron chi connectivity index (χ4n) is 10.2. The summed E-state index contributed by atoms with van der Waals surface area (Å²) >= 11 is 0. The van der Waals surface area contributed by atoms with Crippen molar-refractivity contribution in [3.05, 3.63) is 224 Å². The first-order chi connectivity index (χ1) is 31.2. The molecule has 0 saturated carbocycles. The zero-order valence-corrected chi connectivity index (χ0v) is 35.0. The zero-order valence-electron chi connectivity index (χ0n) is 34.0. The van der Waals surface area contributed by atoms with E-state index in [-0.39, 0.29) is 0 Å². The van der Waals surface area contributed by atoms with Crippen LogP contribution >= 0.6 is 0 Å². The molecule has 3 heterocycles. The summed E-state index contributed by atoms with van der Waals surface area (Å²) in [6.07, 6.45) is 0. The van der Waals surface area contributed by atoms with Crippen LogP contribution in [0.25, 0.3) is 55.0 Å². The van der Waals surface area contributed by atoms with Gasteiger partial charge in [-0.2, -0.15) is 0 Å². The van der Waals surface area contributed by atoms with E-state index in [2.05, 4.69) is 217 Å². The SMILES string of the molecule is c1ccc2c(c1)Oc1ccccc1[Si]21c2ccccc2Oc2cc(-c3ccc(N(c4ccc(-c5cccc6ccccc56)cc4)c4ccc5c(c4)oc4ccccc45)cc3)ccc21. The summed E-state index contributed by atoms with van der Waals surface area (Å²) in [5, 5.41) is 9.64. The molecule has 0 fully saturated rings. The van der Waals surface area contributed by atoms with Crippen molar-refractivity contribution >= 4 is 78.6 Å². The van der Waals surface area contributed by atoms with E-state index in [0.717, 1.165) is 73.1 Å². The lowest BCUT2D eigenvalue weighted by molar-refractivity contribution is 0.482. The summed E-state index contributed by atoms with van der Waals surface area (Å²) in [7, 11) is -2.81. The third-order valence-corrected chi connectivity index (χ3v) is 17.9. The molecule has 2 aliphatic rings. The van der Waals surface area contributed by atoms with Gasteiger partial charge < -0.3 is 18.8 Å². The number of rotatable bonds is 5. The summed E-state index contributed by atoms with van der Waals surface area (Å²) in [4.78, 5) is 2.31. The van der Waals surface area contributed by atoms with Gasteiger partial charge in [-0.15, -0.1) is 0 Å². The second-order valence-electron chi connectivity index (χ2n) is 16.4. The Kier molecular flexibility index (Phi) is 7.89. The van der Waals surface area contributed by atoms with Gasteiger partial charge in [0.05, 0.1) is 0 Å². The fourth-order valence-corrected chi connectivity index (χ4v) is 15.3. The molecule has 0 aliphatic carbocycles. The van der Waals surface area contributed by atoms with Crippen molar-refractivity contribution in [3.8, 4) is 45.3 Å². The number of furan rings is 1. The van der Waals surface area contributed by atoms with Crippen molar-refractivity contribution in [1.82, 2.24) is 0 Å². The van der Waals surface area contributed by atoms with Gasteiger partial charge in [0.15, 0.2) is 8.07 Å². The molecule has 63 heavy (non-hydrogen) atoms. The van der Waals surface area contributed by atoms with Gasteiger partial charge in [0.1, 0.15) is 34.2 Å². The average Bonchev–Trinajstić information content (AvgIpc) is 3.72. The molecule has 0 unspecified atom stereocenters. The van der Waals surface area contributed by atoms with E-state index in [9.17, 15) is 0 Å². The molecule has 0 saturated heterocycles. The lowest BCUT2D eigenvalue weighted by Gasteiger charge is -2.43. The van der Waals surface area contributed by atoms with Gasteiger partial charge in [0, 0.05) is 33.9 Å². The normalized spacial score (nSPS) is 13.1. The molecule has 10 aromatic carbocycles. The Hall–Kier alpha value is -8.12. The third kappa shape index (κ3) is 5.47. The Labute approximate surface area is 365 Å². The number of nitrogens with zero attached hydrogens (tertiary/aromatic N) is 1. The Morgan fingerprint density at radius 1 is 0.317 bits per heavy atom. The van der Waals surface area contributed by atoms with E-state index in [1.807, 2.05) is 12.1 Å². The lowest BCUT2D eigenvalue weighted by atomic mass is 9.98. The van der Waals surface area contributed by atoms with E-state index in [1.54, 1.807) is 0 Å². The van der Waals surface area contributed by atoms with Crippen molar-refractivity contribution < 1.29 is 13.9 Å². The molecule has 0 N–H and O–H groups in total. The summed E-state index contributed by atoms with van der Waals surface area (Å²) in [5.41, 5.74) is 9.43. The number of fused-ring (bicyclic) bond motifs is 12. The second kappa shape index (κ2) is 14.0. The molecular weight excluding hydrogens is 787 g/mol. The number of hydrogen-bond acceptors (Lipinski definition) is 4. The minimum atomic E-state index is -2.81. The predicted molar refractivity (Wildman–Crippen MR) is 261 cm³/mol. The van der Waals surface area contributed by atoms with Gasteiger partial charge in [-0.05, 0) is 121 Å². The molecule has 0 bridgehead atoms. The number of anilines is 3. The monoisotopic (exact) mass is 823 g/mol. The maximum atomic E-state index is 6.87. The Bertz CT molecular complexity index is 3520. The van der Waals surface area contributed by atoms with E-state index in [0.29, 0.717) is 0 Å². The molecule has 0 radical (unpaired) electrons. The molecule has 0 atom stereocenters. The fraction of sp³-hybridized carbons (Fsp3) is 0. The van der Waals surface area contributed by atoms with Crippen LogP contribution < -0.4 is 35.1 Å². The molecular formula is C58H37NO3Si. The first-order valence-electron chi connectivity index (χ1n) is 21.4. The minimum Gasteiger partial charge on any atom is -0.458 e. The molecule has 1 spiro atoms. The summed E-state index contributed by atoms with van der Waals surface area (Å²) in [5.74, 6) is 3.62. The number of ether oxygens (including phenoxy) is 2. The van der Waals surface area contributed by atoms with Gasteiger partial charge in [-0.1, -0.05) is 152 Å². The Balaban J connectivity index is 0.919. The summed E-state index contributed by atoms with van der Waals surface area (Å²) < 4.78 is 19.9. The topological polar surface area (TPSA) is 34.8 Å². The third-order valence-electron chi connectivity index (χ3n) is 13.0. The van der Waals surface area contributed by atoms with Crippen LogP contribution in [0.4, 0.5) is 17.1 Å². The molecule has 1 aromatic heterocycles. The minimum absolute atomic E-state index is 0.856. The van der Waals surface area contributed by atoms with Crippen LogP contribution in [0, 0.1) is 0 Å². The molecule has 0 amide bonds. The zero-order chi connectivity index (χ0) is 41.5. The van der Waals surface area contributed by atoms with Crippen molar-refractivity contribution in [2.45, 2.75) is 0 Å². The quantitative estimate of drug-likeness (QED) is 0.162. The van der Waals surface area contributed by atoms with Gasteiger partial charge in [0.25, 0.3) is 0 Å². The predicted octanol–water partition coefficient (Wildman–Crippen LogP) is 13.1. The van der Waals surface area contributed by atoms with Crippen LogP contribution in [0.2, 0.25) is 0 Å². The van der Waals surface area contributed by atoms with Gasteiger partial charge in [0.2, 0.25) is 0 Å². The number of para-hydroxylation sites is 4. The highest BCUT2D eigenvalue weighted by atomic mass is 28.3. The van der Waals surface area contributed by atoms with Crippen LogP contribution in [0.5, 0.6) is 23.0 Å². The van der Waals surface area contributed by atoms with Crippen LogP contribution in [0.1, 0.15) is 0 Å². The maximum absolute atomic E-state index is 6.87. The first kappa shape index (κ1) is 35.6. The average molecular weight is 824 g/mol. The Morgan fingerprint density at radius 3 is 1.52 bits per heavy atom. The molecule has 5 heteroatoms. The van der Waals surface area contributed by atoms with Crippen LogP contribution in [-0.2, 0) is 0 Å². The van der Waals surface area contributed by atoms with Crippen LogP contribution in [0.15, 0.2) is 229 Å². The van der Waals surface area contributed by atoms with Crippen molar-refractivity contribution in [2.24, 2.45) is 0 Å².